The fourth-order valence-electron chi connectivity index (χ4n) is 1.38. The summed E-state index contributed by atoms with van der Waals surface area (Å²) in [7, 11) is 0. The van der Waals surface area contributed by atoms with Gasteiger partial charge in [-0.3, -0.25) is 9.63 Å². The van der Waals surface area contributed by atoms with Gasteiger partial charge in [-0.1, -0.05) is 23.7 Å². The molecule has 2 rings (SSSR count). The summed E-state index contributed by atoms with van der Waals surface area (Å²) in [6, 6.07) is 5.46. The first-order chi connectivity index (χ1) is 6.70. The van der Waals surface area contributed by atoms with E-state index in [9.17, 15) is 4.79 Å². The third kappa shape index (κ3) is 1.49. The van der Waals surface area contributed by atoms with Crippen LogP contribution in [0.4, 0.5) is 5.69 Å². The van der Waals surface area contributed by atoms with E-state index in [0.717, 1.165) is 5.56 Å². The second-order valence-corrected chi connectivity index (χ2v) is 3.45. The Morgan fingerprint density at radius 1 is 1.50 bits per heavy atom. The van der Waals surface area contributed by atoms with Crippen molar-refractivity contribution < 1.29 is 9.63 Å². The molecule has 0 aromatic heterocycles. The topological polar surface area (TPSA) is 29.5 Å². The average Bonchev–Trinajstić information content (AvgIpc) is 2.52. The zero-order valence-electron chi connectivity index (χ0n) is 7.66. The number of hydrogen-bond donors (Lipinski definition) is 0. The molecule has 1 aliphatic heterocycles. The molecule has 1 aliphatic rings. The third-order valence-corrected chi connectivity index (χ3v) is 2.36. The molecule has 1 fully saturated rings. The molecule has 4 heteroatoms. The van der Waals surface area contributed by atoms with Crippen molar-refractivity contribution >= 4 is 23.2 Å². The van der Waals surface area contributed by atoms with Crippen molar-refractivity contribution in [3.05, 3.63) is 35.2 Å². The number of nitrogens with zero attached hydrogens (tertiary/aromatic N) is 1. The molecule has 1 radical (unpaired) electrons. The number of hydroxylamine groups is 1. The summed E-state index contributed by atoms with van der Waals surface area (Å²) in [6.07, 6.45) is 1.47. The van der Waals surface area contributed by atoms with Gasteiger partial charge in [-0.15, -0.1) is 0 Å². The van der Waals surface area contributed by atoms with E-state index >= 15 is 0 Å². The normalized spacial score (nSPS) is 16.4. The largest absolute Gasteiger partial charge is 0.272 e. The molecule has 0 saturated carbocycles. The van der Waals surface area contributed by atoms with E-state index < -0.39 is 0 Å². The van der Waals surface area contributed by atoms with Gasteiger partial charge in [-0.25, -0.2) is 0 Å². The third-order valence-electron chi connectivity index (χ3n) is 2.05. The lowest BCUT2D eigenvalue weighted by Crippen LogP contribution is -2.23. The average molecular weight is 211 g/mol. The number of anilines is 1. The minimum absolute atomic E-state index is 0.166. The van der Waals surface area contributed by atoms with Crippen molar-refractivity contribution in [3.63, 3.8) is 0 Å². The van der Waals surface area contributed by atoms with Crippen molar-refractivity contribution in [2.24, 2.45) is 0 Å². The van der Waals surface area contributed by atoms with Crippen LogP contribution in [-0.2, 0) is 9.63 Å². The first-order valence-electron chi connectivity index (χ1n) is 4.25. The molecule has 14 heavy (non-hydrogen) atoms. The van der Waals surface area contributed by atoms with Crippen LogP contribution in [0.1, 0.15) is 5.56 Å². The van der Waals surface area contributed by atoms with Crippen LogP contribution < -0.4 is 5.06 Å². The summed E-state index contributed by atoms with van der Waals surface area (Å²) in [6.45, 7) is 2.19. The Balaban J connectivity index is 2.44. The maximum absolute atomic E-state index is 11.4. The summed E-state index contributed by atoms with van der Waals surface area (Å²) in [5.41, 5.74) is 1.55. The van der Waals surface area contributed by atoms with Crippen LogP contribution in [0.25, 0.3) is 0 Å². The van der Waals surface area contributed by atoms with Crippen LogP contribution in [0.5, 0.6) is 0 Å². The van der Waals surface area contributed by atoms with E-state index in [2.05, 4.69) is 0 Å². The Hall–Kier alpha value is -1.06. The molecule has 1 saturated heterocycles. The zero-order chi connectivity index (χ0) is 10.1. The number of carbonyl (C=O) groups excluding carboxylic acids is 1. The minimum atomic E-state index is -0.166. The van der Waals surface area contributed by atoms with Gasteiger partial charge in [0.1, 0.15) is 0 Å². The molecule has 1 heterocycles. The van der Waals surface area contributed by atoms with E-state index in [4.69, 9.17) is 16.4 Å². The molecule has 0 spiro atoms. The Kier molecular flexibility index (Phi) is 2.44. The second kappa shape index (κ2) is 3.59. The van der Waals surface area contributed by atoms with Crippen molar-refractivity contribution in [1.29, 1.82) is 0 Å². The van der Waals surface area contributed by atoms with E-state index in [0.29, 0.717) is 17.3 Å². The van der Waals surface area contributed by atoms with Gasteiger partial charge in [-0.2, -0.15) is 5.06 Å². The van der Waals surface area contributed by atoms with Gasteiger partial charge in [0.05, 0.1) is 23.7 Å². The summed E-state index contributed by atoms with van der Waals surface area (Å²) in [5, 5.41) is 1.76. The highest BCUT2D eigenvalue weighted by Crippen LogP contribution is 2.31. The first kappa shape index (κ1) is 9.49. The van der Waals surface area contributed by atoms with Crippen LogP contribution >= 0.6 is 11.6 Å². The highest BCUT2D eigenvalue weighted by Gasteiger charge is 2.26. The summed E-state index contributed by atoms with van der Waals surface area (Å²) in [4.78, 5) is 16.5. The molecule has 1 aromatic rings. The number of benzene rings is 1. The lowest BCUT2D eigenvalue weighted by atomic mass is 10.2. The van der Waals surface area contributed by atoms with Gasteiger partial charge in [-0.05, 0) is 18.6 Å². The Bertz CT molecular complexity index is 358. The number of hydrogen-bond acceptors (Lipinski definition) is 2. The highest BCUT2D eigenvalue weighted by molar-refractivity contribution is 6.34. The van der Waals surface area contributed by atoms with Crippen LogP contribution in [0.15, 0.2) is 18.2 Å². The Labute approximate surface area is 87.2 Å². The molecule has 1 amide bonds. The number of aryl methyl sites for hydroxylation is 1. The summed E-state index contributed by atoms with van der Waals surface area (Å²) >= 11 is 5.99. The van der Waals surface area contributed by atoms with E-state index in [-0.39, 0.29) is 5.91 Å². The van der Waals surface area contributed by atoms with Crippen LogP contribution in [-0.4, -0.2) is 12.5 Å². The summed E-state index contributed by atoms with van der Waals surface area (Å²) < 4.78 is 0. The highest BCUT2D eigenvalue weighted by atomic mass is 35.5. The van der Waals surface area contributed by atoms with Crippen molar-refractivity contribution in [3.8, 4) is 0 Å². The summed E-state index contributed by atoms with van der Waals surface area (Å²) in [5.74, 6) is -0.166. The number of amides is 1. The van der Waals surface area contributed by atoms with Gasteiger partial charge in [0, 0.05) is 0 Å². The lowest BCUT2D eigenvalue weighted by Gasteiger charge is -2.17. The first-order valence-corrected chi connectivity index (χ1v) is 4.63. The molecule has 0 N–H and O–H groups in total. The molecular formula is C10H9ClNO2. The molecule has 0 aliphatic carbocycles. The van der Waals surface area contributed by atoms with Crippen molar-refractivity contribution in [2.45, 2.75) is 6.92 Å². The maximum Gasteiger partial charge on any atom is 0.257 e. The van der Waals surface area contributed by atoms with Crippen molar-refractivity contribution in [2.75, 3.05) is 11.7 Å². The zero-order valence-corrected chi connectivity index (χ0v) is 8.41. The monoisotopic (exact) mass is 210 g/mol. The smallest absolute Gasteiger partial charge is 0.257 e. The van der Waals surface area contributed by atoms with Gasteiger partial charge >= 0.3 is 0 Å². The molecule has 3 nitrogen and oxygen atoms in total. The second-order valence-electron chi connectivity index (χ2n) is 3.04. The Morgan fingerprint density at radius 3 is 2.86 bits per heavy atom. The molecule has 73 valence electrons. The number of rotatable bonds is 1. The number of para-hydroxylation sites is 1. The quantitative estimate of drug-likeness (QED) is 0.711. The van der Waals surface area contributed by atoms with Gasteiger partial charge < -0.3 is 0 Å². The van der Waals surface area contributed by atoms with Gasteiger partial charge in [0.15, 0.2) is 0 Å². The molecule has 0 unspecified atom stereocenters. The van der Waals surface area contributed by atoms with Crippen molar-refractivity contribution in [1.82, 2.24) is 0 Å². The SMILES string of the molecule is Cc1cccc(Cl)c1N1OC[CH]C1=O. The van der Waals surface area contributed by atoms with Crippen LogP contribution in [0, 0.1) is 13.3 Å². The molecule has 0 bridgehead atoms. The minimum Gasteiger partial charge on any atom is -0.272 e. The maximum atomic E-state index is 11.4. The Morgan fingerprint density at radius 2 is 2.29 bits per heavy atom. The molecule has 0 atom stereocenters. The van der Waals surface area contributed by atoms with Gasteiger partial charge in [0.25, 0.3) is 5.91 Å². The molecular weight excluding hydrogens is 202 g/mol. The van der Waals surface area contributed by atoms with Crippen LogP contribution in [0.3, 0.4) is 0 Å². The fourth-order valence-corrected chi connectivity index (χ4v) is 1.68. The lowest BCUT2D eigenvalue weighted by molar-refractivity contribution is -0.117. The molecule has 1 aromatic carbocycles. The van der Waals surface area contributed by atoms with E-state index in [1.165, 1.54) is 11.5 Å². The number of carbonyl (C=O) groups is 1. The fraction of sp³-hybridized carbons (Fsp3) is 0.200. The van der Waals surface area contributed by atoms with E-state index in [1.54, 1.807) is 6.07 Å². The number of halogens is 1. The van der Waals surface area contributed by atoms with Gasteiger partial charge in [0.2, 0.25) is 0 Å². The predicted octanol–water partition coefficient (Wildman–Crippen LogP) is 2.13. The van der Waals surface area contributed by atoms with E-state index in [1.807, 2.05) is 19.1 Å². The standard InChI is InChI=1S/C10H9ClNO2/c1-7-3-2-4-8(11)10(7)12-9(13)5-6-14-12/h2-5H,6H2,1H3. The predicted molar refractivity (Wildman–Crippen MR) is 53.9 cm³/mol. The van der Waals surface area contributed by atoms with Crippen LogP contribution in [0.2, 0.25) is 5.02 Å².